The molecule has 0 bridgehead atoms. The normalized spacial score (nSPS) is 13.6. The third kappa shape index (κ3) is 47.5. The van der Waals surface area contributed by atoms with Crippen LogP contribution in [0.4, 0.5) is 0 Å². The van der Waals surface area contributed by atoms with Crippen LogP contribution in [0.15, 0.2) is 120 Å². The number of hydrogen-bond donors (Lipinski definition) is 3. The first-order chi connectivity index (χ1) is 47.7. The first kappa shape index (κ1) is 101. The number of carboxylic acid groups (broad SMARTS) is 1. The van der Waals surface area contributed by atoms with Gasteiger partial charge in [-0.15, -0.1) is 0 Å². The summed E-state index contributed by atoms with van der Waals surface area (Å²) in [5, 5.41) is 17.1. The number of ether oxygens (including phenoxy) is 4. The number of carboxylic acids is 1. The predicted octanol–water partition coefficient (Wildman–Crippen LogP) is 8.34. The Morgan fingerprint density at radius 1 is 0.641 bits per heavy atom. The van der Waals surface area contributed by atoms with Gasteiger partial charge in [-0.2, -0.15) is 0 Å². The molecule has 7 rings (SSSR count). The number of aldehydes is 1. The summed E-state index contributed by atoms with van der Waals surface area (Å²) in [6.07, 6.45) is 29.9. The number of halogens is 1. The fraction of sp³-hybridized carbons (Fsp3) is 0.457. The van der Waals surface area contributed by atoms with Gasteiger partial charge in [0.2, 0.25) is 11.1 Å². The van der Waals surface area contributed by atoms with Gasteiger partial charge in [0.25, 0.3) is 11.8 Å². The van der Waals surface area contributed by atoms with Crippen LogP contribution in [-0.2, 0) is 80.5 Å². The molecule has 4 aromatic heterocycles. The van der Waals surface area contributed by atoms with Gasteiger partial charge in [0.1, 0.15) is 6.29 Å². The maximum Gasteiger partial charge on any atom is 1.00 e. The van der Waals surface area contributed by atoms with E-state index in [1.54, 1.807) is 188 Å². The van der Waals surface area contributed by atoms with E-state index >= 15 is 0 Å². The molecule has 4 N–H and O–H groups in total. The molecule has 0 radical (unpaired) electrons. The van der Waals surface area contributed by atoms with Crippen molar-refractivity contribution in [1.82, 2.24) is 50.1 Å². The van der Waals surface area contributed by atoms with Crippen molar-refractivity contribution in [3.63, 3.8) is 0 Å². The molecule has 30 nitrogen and oxygen atoms in total. The van der Waals surface area contributed by atoms with Crippen molar-refractivity contribution in [3.05, 3.63) is 150 Å². The van der Waals surface area contributed by atoms with E-state index in [0.29, 0.717) is 54.0 Å². The average molecular weight is 1490 g/mol. The third-order valence-corrected chi connectivity index (χ3v) is 15.0. The summed E-state index contributed by atoms with van der Waals surface area (Å²) >= 11 is 5.11. The van der Waals surface area contributed by atoms with Gasteiger partial charge in [-0.3, -0.25) is 38.2 Å². The largest absolute Gasteiger partial charge is 1.00 e. The molecule has 4 aromatic rings. The fourth-order valence-electron chi connectivity index (χ4n) is 6.51. The quantitative estimate of drug-likeness (QED) is 0.0103. The van der Waals surface area contributed by atoms with E-state index in [4.69, 9.17) is 55.8 Å². The molecule has 3 aliphatic rings. The standard InChI is InChI=1S/C13H13N3O2.C13H16N2O3.C10H12N2O2.C9H19O5P.C8H8N2O2.C6H10O2.C5H9ClO.C5H7NO.CH4.H2NO.Na/c1-10(9-11-14-6-4-7-15-11)13(18)16-8-3-2-5-12(16)17;1-9(8-10-14-6-5-7-15-10)11(16)18-12(17)13(2,3)4;1-3-14-10(13)8(2)7-9-11-5-4-6-12-9;1-5-12-9(10)8(4)15(11,13-6-2)14-7-3;1-6(8(11)12)5-7-9-3-2-4-10-7;7-5-6-1-3-8-4-2-6;1-5(2,3)4(6)7;7-5-3-1-2-4-6-5;;1-2;/h2,4-7,9H,3,8H2,1H3;5-8H,1-4H3;4-7H,3H2,1-2H3;8H,5-7H2,1-4H3;2-5H,1H3,(H,11,12);5-6H,1-4H2;1-3H3;1,3H,2,4H2,(H,6,7);1H4;1-2H;/q;;;;;;;;;-1;+1/b10-9+;9-8+;8-7+;;6-5+;;;;;;. The van der Waals surface area contributed by atoms with Crippen LogP contribution >= 0.6 is 19.2 Å². The van der Waals surface area contributed by atoms with Crippen molar-refractivity contribution in [3.8, 4) is 0 Å². The van der Waals surface area contributed by atoms with Crippen molar-refractivity contribution in [2.75, 3.05) is 52.7 Å². The van der Waals surface area contributed by atoms with Crippen LogP contribution in [0, 0.1) is 16.7 Å². The minimum Gasteiger partial charge on any atom is -0.553 e. The van der Waals surface area contributed by atoms with Crippen LogP contribution in [0.2, 0.25) is 0 Å². The number of amides is 3. The minimum absolute atomic E-state index is 0. The van der Waals surface area contributed by atoms with Crippen LogP contribution in [0.1, 0.15) is 160 Å². The molecule has 1 unspecified atom stereocenters. The molecule has 7 heterocycles. The summed E-state index contributed by atoms with van der Waals surface area (Å²) in [6, 6.07) is 6.77. The Hall–Kier alpha value is -8.42. The first-order valence-electron chi connectivity index (χ1n) is 31.7. The minimum atomic E-state index is -3.37. The molecule has 1 saturated heterocycles. The molecule has 3 amide bonds. The number of aliphatic carboxylic acids is 1. The van der Waals surface area contributed by atoms with Crippen molar-refractivity contribution in [2.45, 2.75) is 143 Å². The average Bonchev–Trinajstić information content (AvgIpc) is 0.866. The van der Waals surface area contributed by atoms with E-state index in [1.165, 1.54) is 37.0 Å². The SMILES string of the molecule is C.C/C(=C\c1ncccn1)C(=O)N1CCC=CC1=O.C/C(=C\c1ncccn1)C(=O)O.C/C(=C\c1ncccn1)C(=O)OC(=O)C(C)(C)C.CC(C)(C)C(=O)Cl.CCOC(=O)/C(C)=C/c1ncccn1.CCOC(=O)C(C)P(=O)(OCC)OCC.O=C1C=CCCN1.O=CC1CCOCC1.[NH-]O.[Na+]. The second-order valence-electron chi connectivity index (χ2n) is 22.6. The monoisotopic (exact) mass is 1490 g/mol. The molecular weight excluding hydrogens is 1390 g/mol. The van der Waals surface area contributed by atoms with E-state index in [9.17, 15) is 52.5 Å². The molecule has 1 atom stereocenters. The number of carbonyl (C=O) groups excluding carboxylic acids is 9. The smallest absolute Gasteiger partial charge is 0.553 e. The van der Waals surface area contributed by atoms with E-state index in [1.807, 2.05) is 6.08 Å². The summed E-state index contributed by atoms with van der Waals surface area (Å²) < 4.78 is 41.5. The zero-order chi connectivity index (χ0) is 77.0. The van der Waals surface area contributed by atoms with Gasteiger partial charge in [0, 0.05) is 110 Å². The van der Waals surface area contributed by atoms with Crippen molar-refractivity contribution < 1.29 is 120 Å². The van der Waals surface area contributed by atoms with Gasteiger partial charge < -0.3 is 54.3 Å². The predicted molar refractivity (Wildman–Crippen MR) is 385 cm³/mol. The van der Waals surface area contributed by atoms with Gasteiger partial charge in [-0.05, 0) is 181 Å². The van der Waals surface area contributed by atoms with Gasteiger partial charge >= 0.3 is 67.0 Å². The Morgan fingerprint density at radius 3 is 1.34 bits per heavy atom. The number of nitrogens with zero attached hydrogens (tertiary/aromatic N) is 9. The number of rotatable bonds is 17. The number of carbonyl (C=O) groups is 10. The van der Waals surface area contributed by atoms with Crippen LogP contribution in [0.5, 0.6) is 0 Å². The Morgan fingerprint density at radius 2 is 1.03 bits per heavy atom. The van der Waals surface area contributed by atoms with Crippen molar-refractivity contribution in [2.24, 2.45) is 16.7 Å². The number of hydrogen-bond acceptors (Lipinski definition) is 26. The molecule has 33 heteroatoms. The molecule has 0 aliphatic carbocycles. The maximum absolute atomic E-state index is 12.1. The summed E-state index contributed by atoms with van der Waals surface area (Å²) in [4.78, 5) is 143. The summed E-state index contributed by atoms with van der Waals surface area (Å²) in [7, 11) is -3.37. The Bertz CT molecular complexity index is 3410. The van der Waals surface area contributed by atoms with Crippen LogP contribution in [-0.4, -0.2) is 173 Å². The second kappa shape index (κ2) is 58.0. The third-order valence-electron chi connectivity index (χ3n) is 12.1. The van der Waals surface area contributed by atoms with Crippen LogP contribution in [0.25, 0.3) is 30.2 Å². The Kier molecular flexibility index (Phi) is 56.9. The topological polar surface area (TPSA) is 426 Å². The number of esters is 4. The summed E-state index contributed by atoms with van der Waals surface area (Å²) in [5.41, 5.74) is -0.513. The molecule has 0 spiro atoms. The molecule has 562 valence electrons. The van der Waals surface area contributed by atoms with E-state index in [0.717, 1.165) is 45.3 Å². The van der Waals surface area contributed by atoms with Crippen LogP contribution in [0.3, 0.4) is 0 Å². The van der Waals surface area contributed by atoms with E-state index in [2.05, 4.69) is 45.2 Å². The van der Waals surface area contributed by atoms with Crippen molar-refractivity contribution in [1.29, 1.82) is 0 Å². The molecular formula is C70H100ClN11NaO19P. The number of aromatic nitrogens is 8. The number of nitrogens with one attached hydrogen (secondary N) is 2. The van der Waals surface area contributed by atoms with Gasteiger partial charge in [-0.25, -0.2) is 54.3 Å². The molecule has 103 heavy (non-hydrogen) atoms. The molecule has 0 aromatic carbocycles. The Labute approximate surface area is 631 Å². The van der Waals surface area contributed by atoms with Gasteiger partial charge in [0.05, 0.1) is 31.8 Å². The first-order valence-corrected chi connectivity index (χ1v) is 33.7. The maximum atomic E-state index is 12.1. The fourth-order valence-corrected chi connectivity index (χ4v) is 8.09. The zero-order valence-electron chi connectivity index (χ0n) is 60.9. The number of imide groups is 1. The Balaban J connectivity index is -0.000000551. The molecule has 3 aliphatic heterocycles. The van der Waals surface area contributed by atoms with Gasteiger partial charge in [-0.1, -0.05) is 40.3 Å². The zero-order valence-corrected chi connectivity index (χ0v) is 64.6. The summed E-state index contributed by atoms with van der Waals surface area (Å²) in [5.74, 6) is 3.20. The molecule has 0 saturated carbocycles. The summed E-state index contributed by atoms with van der Waals surface area (Å²) in [6.45, 7) is 29.0. The second-order valence-corrected chi connectivity index (χ2v) is 25.3. The van der Waals surface area contributed by atoms with E-state index in [-0.39, 0.29) is 108 Å². The van der Waals surface area contributed by atoms with Gasteiger partial charge in [0.15, 0.2) is 29.0 Å². The molecule has 1 fully saturated rings. The van der Waals surface area contributed by atoms with Crippen LogP contribution < -0.4 is 34.9 Å². The van der Waals surface area contributed by atoms with E-state index < -0.39 is 42.5 Å². The van der Waals surface area contributed by atoms with Crippen molar-refractivity contribution >= 4 is 103 Å².